The van der Waals surface area contributed by atoms with E-state index in [1.807, 2.05) is 0 Å². The smallest absolute Gasteiger partial charge is 0.408 e. The summed E-state index contributed by atoms with van der Waals surface area (Å²) in [4.78, 5) is 13.1. The van der Waals surface area contributed by atoms with Crippen molar-refractivity contribution < 1.29 is 13.9 Å². The van der Waals surface area contributed by atoms with E-state index in [0.29, 0.717) is 0 Å². The Kier molecular flexibility index (Phi) is 2.29. The Bertz CT molecular complexity index is 546. The van der Waals surface area contributed by atoms with Crippen LogP contribution in [0.2, 0.25) is 0 Å². The number of nitrogens with one attached hydrogen (secondary N) is 1. The Labute approximate surface area is 83.3 Å². The summed E-state index contributed by atoms with van der Waals surface area (Å²) < 4.78 is 18.1. The Morgan fingerprint density at radius 1 is 1.60 bits per heavy atom. The van der Waals surface area contributed by atoms with Gasteiger partial charge in [0, 0.05) is 18.2 Å². The predicted molar refractivity (Wildman–Crippen MR) is 50.8 cm³/mol. The number of aromatic amines is 1. The van der Waals surface area contributed by atoms with Gasteiger partial charge >= 0.3 is 5.76 Å². The molecule has 0 aliphatic carbocycles. The zero-order valence-electron chi connectivity index (χ0n) is 7.66. The lowest BCUT2D eigenvalue weighted by molar-refractivity contribution is 0.182. The topological polar surface area (TPSA) is 92.2 Å². The predicted octanol–water partition coefficient (Wildman–Crippen LogP) is 0.252. The number of hydrogen-bond acceptors (Lipinski definition) is 4. The summed E-state index contributed by atoms with van der Waals surface area (Å²) in [6.07, 6.45) is -1.10. The third kappa shape index (κ3) is 1.64. The zero-order chi connectivity index (χ0) is 11.0. The molecule has 1 atom stereocenters. The van der Waals surface area contributed by atoms with E-state index in [9.17, 15) is 14.3 Å². The quantitative estimate of drug-likeness (QED) is 0.665. The number of nitrogens with two attached hydrogens (primary N) is 1. The highest BCUT2D eigenvalue weighted by Crippen LogP contribution is 2.21. The number of H-pyrrole nitrogens is 1. The van der Waals surface area contributed by atoms with E-state index in [4.69, 9.17) is 10.2 Å². The fourth-order valence-electron chi connectivity index (χ4n) is 1.37. The molecule has 1 unspecified atom stereocenters. The zero-order valence-corrected chi connectivity index (χ0v) is 7.66. The van der Waals surface area contributed by atoms with Crippen LogP contribution in [-0.2, 0) is 0 Å². The lowest BCUT2D eigenvalue weighted by Gasteiger charge is -2.08. The lowest BCUT2D eigenvalue weighted by atomic mass is 10.1. The Morgan fingerprint density at radius 3 is 3.00 bits per heavy atom. The first-order valence-electron chi connectivity index (χ1n) is 4.32. The van der Waals surface area contributed by atoms with Crippen LogP contribution in [0.5, 0.6) is 0 Å². The first kappa shape index (κ1) is 9.88. The number of aliphatic hydroxyl groups is 1. The maximum atomic E-state index is 13.4. The second kappa shape index (κ2) is 3.48. The molecule has 80 valence electrons. The summed E-state index contributed by atoms with van der Waals surface area (Å²) in [6.45, 7) is -0.100. The molecule has 1 aromatic carbocycles. The van der Waals surface area contributed by atoms with Crippen LogP contribution in [0.1, 0.15) is 11.7 Å². The van der Waals surface area contributed by atoms with Gasteiger partial charge in [0.05, 0.1) is 11.6 Å². The van der Waals surface area contributed by atoms with Crippen molar-refractivity contribution in [2.75, 3.05) is 6.54 Å². The van der Waals surface area contributed by atoms with Gasteiger partial charge in [0.25, 0.3) is 0 Å². The van der Waals surface area contributed by atoms with Crippen LogP contribution in [0.15, 0.2) is 21.3 Å². The van der Waals surface area contributed by atoms with Crippen molar-refractivity contribution in [1.29, 1.82) is 0 Å². The monoisotopic (exact) mass is 212 g/mol. The molecule has 0 aliphatic heterocycles. The maximum absolute atomic E-state index is 13.4. The third-order valence-electron chi connectivity index (χ3n) is 2.12. The molecule has 0 bridgehead atoms. The molecule has 4 N–H and O–H groups in total. The highest BCUT2D eigenvalue weighted by Gasteiger charge is 2.14. The average molecular weight is 212 g/mol. The van der Waals surface area contributed by atoms with Gasteiger partial charge in [-0.25, -0.2) is 9.18 Å². The number of aromatic nitrogens is 1. The SMILES string of the molecule is NCC(O)c1cc2oc(=O)[nH]c2cc1F. The van der Waals surface area contributed by atoms with Gasteiger partial charge in [-0.15, -0.1) is 0 Å². The fourth-order valence-corrected chi connectivity index (χ4v) is 1.37. The molecular formula is C9H9FN2O3. The number of oxazole rings is 1. The van der Waals surface area contributed by atoms with Gasteiger partial charge in [0.15, 0.2) is 5.58 Å². The van der Waals surface area contributed by atoms with Crippen molar-refractivity contribution in [2.45, 2.75) is 6.10 Å². The molecule has 15 heavy (non-hydrogen) atoms. The molecule has 1 heterocycles. The molecule has 0 spiro atoms. The summed E-state index contributed by atoms with van der Waals surface area (Å²) in [6, 6.07) is 2.36. The second-order valence-electron chi connectivity index (χ2n) is 3.14. The third-order valence-corrected chi connectivity index (χ3v) is 2.12. The van der Waals surface area contributed by atoms with Gasteiger partial charge in [0.2, 0.25) is 0 Å². The van der Waals surface area contributed by atoms with Gasteiger partial charge in [-0.1, -0.05) is 0 Å². The summed E-state index contributed by atoms with van der Waals surface area (Å²) >= 11 is 0. The van der Waals surface area contributed by atoms with Crippen molar-refractivity contribution in [3.05, 3.63) is 34.1 Å². The van der Waals surface area contributed by atoms with Gasteiger partial charge in [-0.05, 0) is 6.07 Å². The molecule has 0 saturated carbocycles. The van der Waals surface area contributed by atoms with Crippen molar-refractivity contribution in [2.24, 2.45) is 5.73 Å². The number of aliphatic hydroxyl groups excluding tert-OH is 1. The largest absolute Gasteiger partial charge is 0.417 e. The summed E-state index contributed by atoms with van der Waals surface area (Å²) in [5, 5.41) is 9.38. The van der Waals surface area contributed by atoms with Gasteiger partial charge < -0.3 is 15.3 Å². The van der Waals surface area contributed by atoms with E-state index in [1.54, 1.807) is 0 Å². The summed E-state index contributed by atoms with van der Waals surface area (Å²) in [7, 11) is 0. The molecule has 5 nitrogen and oxygen atoms in total. The van der Waals surface area contributed by atoms with Crippen LogP contribution >= 0.6 is 0 Å². The molecule has 1 aromatic heterocycles. The molecule has 0 amide bonds. The second-order valence-corrected chi connectivity index (χ2v) is 3.14. The van der Waals surface area contributed by atoms with Crippen LogP contribution in [0.3, 0.4) is 0 Å². The van der Waals surface area contributed by atoms with E-state index >= 15 is 0 Å². The number of benzene rings is 1. The number of hydrogen-bond donors (Lipinski definition) is 3. The number of fused-ring (bicyclic) bond motifs is 1. The van der Waals surface area contributed by atoms with E-state index in [0.717, 1.165) is 6.07 Å². The molecule has 0 fully saturated rings. The standard InChI is InChI=1S/C9H9FN2O3/c10-5-2-6-8(15-9(14)12-6)1-4(5)7(13)3-11/h1-2,7,13H,3,11H2,(H,12,14). The molecule has 0 saturated heterocycles. The van der Waals surface area contributed by atoms with Crippen molar-refractivity contribution in [3.8, 4) is 0 Å². The summed E-state index contributed by atoms with van der Waals surface area (Å²) in [5.41, 5.74) is 5.68. The molecular weight excluding hydrogens is 203 g/mol. The highest BCUT2D eigenvalue weighted by molar-refractivity contribution is 5.73. The van der Waals surface area contributed by atoms with E-state index in [1.165, 1.54) is 6.07 Å². The highest BCUT2D eigenvalue weighted by atomic mass is 19.1. The van der Waals surface area contributed by atoms with Crippen LogP contribution in [0.4, 0.5) is 4.39 Å². The molecule has 2 rings (SSSR count). The first-order chi connectivity index (χ1) is 7.11. The number of rotatable bonds is 2. The maximum Gasteiger partial charge on any atom is 0.417 e. The average Bonchev–Trinajstić information content (AvgIpc) is 2.55. The van der Waals surface area contributed by atoms with Crippen molar-refractivity contribution in [1.82, 2.24) is 4.98 Å². The van der Waals surface area contributed by atoms with Crippen LogP contribution in [-0.4, -0.2) is 16.6 Å². The normalized spacial score (nSPS) is 13.3. The first-order valence-corrected chi connectivity index (χ1v) is 4.32. The van der Waals surface area contributed by atoms with Crippen LogP contribution < -0.4 is 11.5 Å². The minimum absolute atomic E-state index is 0.0211. The Hall–Kier alpha value is -1.66. The minimum atomic E-state index is -1.10. The molecule has 6 heteroatoms. The molecule has 2 aromatic rings. The molecule has 0 radical (unpaired) electrons. The van der Waals surface area contributed by atoms with Crippen LogP contribution in [0, 0.1) is 5.82 Å². The fraction of sp³-hybridized carbons (Fsp3) is 0.222. The Balaban J connectivity index is 2.66. The Morgan fingerprint density at radius 2 is 2.33 bits per heavy atom. The summed E-state index contributed by atoms with van der Waals surface area (Å²) in [5.74, 6) is -1.29. The number of halogens is 1. The van der Waals surface area contributed by atoms with Crippen LogP contribution in [0.25, 0.3) is 11.1 Å². The lowest BCUT2D eigenvalue weighted by Crippen LogP contribution is -2.12. The van der Waals surface area contributed by atoms with E-state index in [2.05, 4.69) is 4.98 Å². The van der Waals surface area contributed by atoms with Gasteiger partial charge in [-0.2, -0.15) is 0 Å². The van der Waals surface area contributed by atoms with Gasteiger partial charge in [-0.3, -0.25) is 4.98 Å². The van der Waals surface area contributed by atoms with Crippen molar-refractivity contribution in [3.63, 3.8) is 0 Å². The molecule has 0 aliphatic rings. The van der Waals surface area contributed by atoms with E-state index in [-0.39, 0.29) is 23.2 Å². The van der Waals surface area contributed by atoms with Crippen molar-refractivity contribution >= 4 is 11.1 Å². The minimum Gasteiger partial charge on any atom is -0.408 e. The van der Waals surface area contributed by atoms with E-state index < -0.39 is 17.7 Å². The van der Waals surface area contributed by atoms with Gasteiger partial charge in [0.1, 0.15) is 5.82 Å².